The van der Waals surface area contributed by atoms with E-state index in [0.29, 0.717) is 35.8 Å². The van der Waals surface area contributed by atoms with E-state index in [9.17, 15) is 14.7 Å². The van der Waals surface area contributed by atoms with Gasteiger partial charge in [-0.05, 0) is 43.0 Å². The summed E-state index contributed by atoms with van der Waals surface area (Å²) in [6.07, 6.45) is 1.55. The van der Waals surface area contributed by atoms with E-state index in [1.807, 2.05) is 55.5 Å². The number of aliphatic hydroxyl groups excluding tert-OH is 1. The molecule has 0 aromatic heterocycles. The molecule has 2 unspecified atom stereocenters. The Balaban J connectivity index is 1.54. The van der Waals surface area contributed by atoms with Crippen LogP contribution in [0.1, 0.15) is 41.1 Å². The number of nitrogens with zero attached hydrogens (tertiary/aromatic N) is 1. The largest absolute Gasteiger partial charge is 0.507 e. The van der Waals surface area contributed by atoms with Gasteiger partial charge in [0.25, 0.3) is 11.7 Å². The Morgan fingerprint density at radius 3 is 2.47 bits per heavy atom. The summed E-state index contributed by atoms with van der Waals surface area (Å²) in [7, 11) is 1.55. The van der Waals surface area contributed by atoms with Crippen molar-refractivity contribution >= 4 is 17.4 Å². The van der Waals surface area contributed by atoms with Gasteiger partial charge in [-0.1, -0.05) is 66.2 Å². The molecule has 5 rings (SSSR count). The number of carbonyl (C=O) groups is 2. The van der Waals surface area contributed by atoms with Crippen LogP contribution in [0.4, 0.5) is 0 Å². The van der Waals surface area contributed by atoms with E-state index in [0.717, 1.165) is 24.0 Å². The van der Waals surface area contributed by atoms with Gasteiger partial charge in [0.15, 0.2) is 11.5 Å². The van der Waals surface area contributed by atoms with Crippen molar-refractivity contribution in [2.24, 2.45) is 0 Å². The Hall–Kier alpha value is -4.10. The number of hydrogen-bond acceptors (Lipinski definition) is 6. The summed E-state index contributed by atoms with van der Waals surface area (Å²) in [5, 5.41) is 11.3. The number of aliphatic hydroxyl groups is 1. The first-order chi connectivity index (χ1) is 18.5. The van der Waals surface area contributed by atoms with Crippen LogP contribution in [-0.4, -0.2) is 48.1 Å². The summed E-state index contributed by atoms with van der Waals surface area (Å²) >= 11 is 0. The third kappa shape index (κ3) is 5.15. The number of rotatable bonds is 8. The fraction of sp³-hybridized carbons (Fsp3) is 0.290. The molecule has 196 valence electrons. The van der Waals surface area contributed by atoms with Crippen LogP contribution >= 0.6 is 0 Å². The molecule has 38 heavy (non-hydrogen) atoms. The number of hydrogen-bond donors (Lipinski definition) is 1. The number of methoxy groups -OCH3 is 1. The lowest BCUT2D eigenvalue weighted by molar-refractivity contribution is -0.140. The second-order valence-corrected chi connectivity index (χ2v) is 9.64. The zero-order valence-corrected chi connectivity index (χ0v) is 21.6. The molecule has 2 saturated heterocycles. The molecule has 0 bridgehead atoms. The molecule has 1 amide bonds. The zero-order chi connectivity index (χ0) is 26.6. The van der Waals surface area contributed by atoms with E-state index in [2.05, 4.69) is 0 Å². The van der Waals surface area contributed by atoms with E-state index >= 15 is 0 Å². The van der Waals surface area contributed by atoms with Crippen molar-refractivity contribution in [3.63, 3.8) is 0 Å². The highest BCUT2D eigenvalue weighted by Gasteiger charge is 2.47. The van der Waals surface area contributed by atoms with E-state index in [4.69, 9.17) is 14.2 Å². The first-order valence-electron chi connectivity index (χ1n) is 12.8. The van der Waals surface area contributed by atoms with Gasteiger partial charge in [0, 0.05) is 18.7 Å². The molecule has 1 N–H and O–H groups in total. The Morgan fingerprint density at radius 1 is 1.03 bits per heavy atom. The van der Waals surface area contributed by atoms with Crippen LogP contribution in [0.2, 0.25) is 0 Å². The van der Waals surface area contributed by atoms with Gasteiger partial charge in [-0.2, -0.15) is 0 Å². The van der Waals surface area contributed by atoms with E-state index < -0.39 is 17.7 Å². The Bertz CT molecular complexity index is 1340. The average Bonchev–Trinajstić information content (AvgIpc) is 3.55. The Kier molecular flexibility index (Phi) is 7.47. The monoisotopic (exact) mass is 513 g/mol. The summed E-state index contributed by atoms with van der Waals surface area (Å²) in [6, 6.07) is 21.6. The number of Topliss-reactive ketones (excluding diaryl/α,β-unsaturated/α-hetero) is 1. The van der Waals surface area contributed by atoms with Crippen LogP contribution in [0.15, 0.2) is 78.4 Å². The SMILES string of the molecule is COc1cc(C2C(=C(O)c3ccc(C)cc3)C(=O)C(=O)N2CC2CCCO2)ccc1OCc1ccccc1. The van der Waals surface area contributed by atoms with Gasteiger partial charge in [0.05, 0.1) is 24.8 Å². The summed E-state index contributed by atoms with van der Waals surface area (Å²) in [4.78, 5) is 28.1. The van der Waals surface area contributed by atoms with Gasteiger partial charge in [-0.3, -0.25) is 9.59 Å². The van der Waals surface area contributed by atoms with Gasteiger partial charge < -0.3 is 24.2 Å². The van der Waals surface area contributed by atoms with Crippen LogP contribution in [0.5, 0.6) is 11.5 Å². The summed E-state index contributed by atoms with van der Waals surface area (Å²) in [5.41, 5.74) is 3.21. The quantitative estimate of drug-likeness (QED) is 0.254. The van der Waals surface area contributed by atoms with Crippen molar-refractivity contribution in [3.8, 4) is 11.5 Å². The van der Waals surface area contributed by atoms with Gasteiger partial charge in [0.1, 0.15) is 12.4 Å². The molecule has 2 atom stereocenters. The van der Waals surface area contributed by atoms with Crippen molar-refractivity contribution in [2.75, 3.05) is 20.3 Å². The molecule has 2 aliphatic heterocycles. The number of benzene rings is 3. The lowest BCUT2D eigenvalue weighted by atomic mass is 9.94. The highest BCUT2D eigenvalue weighted by atomic mass is 16.5. The zero-order valence-electron chi connectivity index (χ0n) is 21.6. The van der Waals surface area contributed by atoms with E-state index in [-0.39, 0.29) is 24.0 Å². The van der Waals surface area contributed by atoms with E-state index in [1.165, 1.54) is 4.90 Å². The van der Waals surface area contributed by atoms with Crippen molar-refractivity contribution in [1.29, 1.82) is 0 Å². The molecule has 2 heterocycles. The van der Waals surface area contributed by atoms with Crippen LogP contribution in [0.25, 0.3) is 5.76 Å². The Labute approximate surface area is 222 Å². The molecular formula is C31H31NO6. The number of aryl methyl sites for hydroxylation is 1. The maximum absolute atomic E-state index is 13.3. The van der Waals surface area contributed by atoms with Crippen molar-refractivity contribution in [1.82, 2.24) is 4.90 Å². The lowest BCUT2D eigenvalue weighted by Crippen LogP contribution is -2.36. The lowest BCUT2D eigenvalue weighted by Gasteiger charge is -2.28. The highest BCUT2D eigenvalue weighted by Crippen LogP contribution is 2.42. The van der Waals surface area contributed by atoms with Gasteiger partial charge in [-0.25, -0.2) is 0 Å². The topological polar surface area (TPSA) is 85.3 Å². The molecule has 0 spiro atoms. The second-order valence-electron chi connectivity index (χ2n) is 9.64. The molecule has 3 aromatic rings. The molecule has 0 aliphatic carbocycles. The third-order valence-electron chi connectivity index (χ3n) is 7.03. The molecule has 0 saturated carbocycles. The average molecular weight is 514 g/mol. The van der Waals surface area contributed by atoms with Crippen molar-refractivity contribution < 1.29 is 28.9 Å². The summed E-state index contributed by atoms with van der Waals surface area (Å²) in [6.45, 7) is 3.19. The molecule has 3 aromatic carbocycles. The number of ketones is 1. The standard InChI is InChI=1S/C31H31NO6/c1-20-10-12-22(13-11-20)29(33)27-28(32(31(35)30(27)34)18-24-9-6-16-37-24)23-14-15-25(26(17-23)36-2)38-19-21-7-4-3-5-8-21/h3-5,7-8,10-15,17,24,28,33H,6,9,16,18-19H2,1-2H3. The predicted molar refractivity (Wildman–Crippen MR) is 143 cm³/mol. The van der Waals surface area contributed by atoms with Gasteiger partial charge >= 0.3 is 0 Å². The summed E-state index contributed by atoms with van der Waals surface area (Å²) in [5.74, 6) is -0.560. The molecule has 7 nitrogen and oxygen atoms in total. The smallest absolute Gasteiger partial charge is 0.295 e. The minimum absolute atomic E-state index is 0.0526. The number of likely N-dealkylation sites (tertiary alicyclic amines) is 1. The van der Waals surface area contributed by atoms with Crippen LogP contribution in [-0.2, 0) is 20.9 Å². The fourth-order valence-corrected chi connectivity index (χ4v) is 5.00. The third-order valence-corrected chi connectivity index (χ3v) is 7.03. The molecular weight excluding hydrogens is 482 g/mol. The van der Waals surface area contributed by atoms with E-state index in [1.54, 1.807) is 31.4 Å². The molecule has 7 heteroatoms. The minimum Gasteiger partial charge on any atom is -0.507 e. The number of carbonyl (C=O) groups excluding carboxylic acids is 2. The van der Waals surface area contributed by atoms with Crippen LogP contribution in [0.3, 0.4) is 0 Å². The van der Waals surface area contributed by atoms with Gasteiger partial charge in [-0.15, -0.1) is 0 Å². The number of amides is 1. The first-order valence-corrected chi connectivity index (χ1v) is 12.8. The summed E-state index contributed by atoms with van der Waals surface area (Å²) < 4.78 is 17.4. The first kappa shape index (κ1) is 25.5. The molecule has 2 aliphatic rings. The highest BCUT2D eigenvalue weighted by molar-refractivity contribution is 6.46. The minimum atomic E-state index is -0.794. The van der Waals surface area contributed by atoms with Gasteiger partial charge in [0.2, 0.25) is 0 Å². The molecule has 0 radical (unpaired) electrons. The van der Waals surface area contributed by atoms with Crippen LogP contribution < -0.4 is 9.47 Å². The predicted octanol–water partition coefficient (Wildman–Crippen LogP) is 5.18. The number of ether oxygens (including phenoxy) is 3. The second kappa shape index (κ2) is 11.1. The maximum Gasteiger partial charge on any atom is 0.295 e. The van der Waals surface area contributed by atoms with Crippen LogP contribution in [0, 0.1) is 6.92 Å². The normalized spacial score (nSPS) is 20.6. The van der Waals surface area contributed by atoms with Crippen molar-refractivity contribution in [3.05, 3.63) is 101 Å². The van der Waals surface area contributed by atoms with Crippen molar-refractivity contribution in [2.45, 2.75) is 38.5 Å². The fourth-order valence-electron chi connectivity index (χ4n) is 5.00. The Morgan fingerprint density at radius 2 is 1.79 bits per heavy atom. The maximum atomic E-state index is 13.3. The molecule has 2 fully saturated rings.